The van der Waals surface area contributed by atoms with Gasteiger partial charge in [0.1, 0.15) is 37.3 Å². The second-order valence-electron chi connectivity index (χ2n) is 11.3. The first-order valence-electron chi connectivity index (χ1n) is 15.5. The number of carboxylic acid groups (broad SMARTS) is 1. The Kier molecular flexibility index (Phi) is 37.5. The maximum atomic E-state index is 12.8. The van der Waals surface area contributed by atoms with E-state index in [0.717, 1.165) is 18.2 Å². The van der Waals surface area contributed by atoms with Gasteiger partial charge in [-0.1, -0.05) is 7.43 Å². The first kappa shape index (κ1) is 77.9. The predicted molar refractivity (Wildman–Crippen MR) is 202 cm³/mol. The molecular weight excluding hydrogens is 1150 g/mol. The van der Waals surface area contributed by atoms with Crippen LogP contribution in [0.4, 0.5) is 28.4 Å². The zero-order valence-corrected chi connectivity index (χ0v) is 53.7. The molecule has 0 aromatic heterocycles. The minimum Gasteiger partial charge on any atom is -0.744 e. The van der Waals surface area contributed by atoms with Crippen LogP contribution in [0.2, 0.25) is 0 Å². The number of sulfone groups is 2. The molecule has 0 saturated carbocycles. The molecule has 0 bridgehead atoms. The maximum absolute atomic E-state index is 12.8. The molecule has 70 heavy (non-hydrogen) atoms. The number of phenols is 1. The Morgan fingerprint density at radius 2 is 1.16 bits per heavy atom. The summed E-state index contributed by atoms with van der Waals surface area (Å²) in [5, 5.41) is 63.4. The molecule has 0 unspecified atom stereocenters. The smallest absolute Gasteiger partial charge is 0.744 e. The molecule has 0 fully saturated rings. The minimum absolute atomic E-state index is 0. The number of fused-ring (bicyclic) bond motifs is 1. The van der Waals surface area contributed by atoms with Crippen LogP contribution in [0, 0.1) is 0 Å². The Balaban J connectivity index is -0.00000311. The first-order chi connectivity index (χ1) is 29.2. The number of azo groups is 2. The van der Waals surface area contributed by atoms with Crippen molar-refractivity contribution in [2.24, 2.45) is 20.5 Å². The summed E-state index contributed by atoms with van der Waals surface area (Å²) in [6, 6.07) is 5.19. The molecule has 0 atom stereocenters. The van der Waals surface area contributed by atoms with Crippen molar-refractivity contribution >= 4 is 120 Å². The predicted octanol–water partition coefficient (Wildman–Crippen LogP) is -18.2. The van der Waals surface area contributed by atoms with Crippen molar-refractivity contribution in [3.05, 3.63) is 54.1 Å². The van der Waals surface area contributed by atoms with Crippen LogP contribution < -0.4 is 199 Å². The van der Waals surface area contributed by atoms with Crippen LogP contribution in [0.1, 0.15) is 17.8 Å². The van der Waals surface area contributed by atoms with Gasteiger partial charge in [-0.3, -0.25) is 18.4 Å². The van der Waals surface area contributed by atoms with Gasteiger partial charge in [0, 0.05) is 5.56 Å². The molecule has 3 N–H and O–H groups in total. The third-order valence-electron chi connectivity index (χ3n) is 7.48. The molecule has 42 heteroatoms. The first-order valence-corrected chi connectivity index (χ1v) is 24.4. The van der Waals surface area contributed by atoms with Crippen LogP contribution >= 0.6 is 24.4 Å². The van der Waals surface area contributed by atoms with Crippen LogP contribution in [0.3, 0.4) is 0 Å². The Morgan fingerprint density at radius 1 is 0.657 bits per heavy atom. The van der Waals surface area contributed by atoms with Gasteiger partial charge >= 0.3 is 177 Å². The molecule has 0 aliphatic carbocycles. The summed E-state index contributed by atoms with van der Waals surface area (Å²) in [7, 11) is -25.4. The van der Waals surface area contributed by atoms with Gasteiger partial charge in [0.2, 0.25) is 10.4 Å². The summed E-state index contributed by atoms with van der Waals surface area (Å²) >= 11 is -0.0620. The zero-order valence-electron chi connectivity index (χ0n) is 36.0. The molecule has 0 radical (unpaired) electrons. The largest absolute Gasteiger partial charge is 1.00 e. The van der Waals surface area contributed by atoms with Gasteiger partial charge in [0.05, 0.1) is 84.0 Å². The molecule has 0 amide bonds. The number of carboxylic acids is 1. The SMILES string of the molecule is C.Nc1c(N=Nc2ccc(S(=O)(=O)CCOS(=O)(=O)[O-])cc2C(=O)[O-])c(S(=O)(=O)[O-])cc2cc(SOO[O-])c(N=Nc3ccc(S(=O)(=O)CCOSOO[O-])cc3S(=O)(=O)[O-])c(O)c12.[Na+].[Na+].[Na+].[Na+].[Na+].[Na+]. The number of hydrogen-bond acceptors (Lipinski definition) is 31. The van der Waals surface area contributed by atoms with E-state index in [4.69, 9.17) is 5.73 Å². The van der Waals surface area contributed by atoms with Gasteiger partial charge in [0.15, 0.2) is 37.7 Å². The summed E-state index contributed by atoms with van der Waals surface area (Å²) in [6.07, 6.45) is 0. The topological polar surface area (TPSA) is 477 Å². The van der Waals surface area contributed by atoms with E-state index in [-0.39, 0.29) is 209 Å². The minimum atomic E-state index is -5.63. The quantitative estimate of drug-likeness (QED) is 0.00849. The number of nitrogens with zero attached hydrogens (tertiary/aromatic N) is 4. The van der Waals surface area contributed by atoms with E-state index in [2.05, 4.69) is 47.6 Å². The third-order valence-corrected chi connectivity index (χ3v) is 14.0. The summed E-state index contributed by atoms with van der Waals surface area (Å²) in [5.74, 6) is -5.21. The molecule has 4 rings (SSSR count). The van der Waals surface area contributed by atoms with E-state index in [0.29, 0.717) is 30.3 Å². The van der Waals surface area contributed by atoms with Crippen molar-refractivity contribution in [1.29, 1.82) is 0 Å². The van der Waals surface area contributed by atoms with Crippen LogP contribution in [0.25, 0.3) is 10.8 Å². The molecule has 4 aromatic rings. The Hall–Kier alpha value is 1.42. The summed E-state index contributed by atoms with van der Waals surface area (Å²) in [6.45, 7) is -1.79. The third kappa shape index (κ3) is 22.0. The maximum Gasteiger partial charge on any atom is 1.00 e. The summed E-state index contributed by atoms with van der Waals surface area (Å²) in [5.41, 5.74) is 0.674. The Labute approximate surface area is 539 Å². The van der Waals surface area contributed by atoms with Crippen LogP contribution in [-0.4, -0.2) is 91.5 Å². The number of aromatic carboxylic acids is 1. The van der Waals surface area contributed by atoms with Crippen molar-refractivity contribution in [3.8, 4) is 5.75 Å². The number of nitrogen functional groups attached to an aromatic ring is 1. The Morgan fingerprint density at radius 3 is 1.67 bits per heavy atom. The van der Waals surface area contributed by atoms with Gasteiger partial charge in [-0.05, 0) is 53.9 Å². The normalized spacial score (nSPS) is 11.8. The van der Waals surface area contributed by atoms with E-state index >= 15 is 0 Å². The van der Waals surface area contributed by atoms with Crippen LogP contribution in [0.5, 0.6) is 5.75 Å². The van der Waals surface area contributed by atoms with Crippen molar-refractivity contribution in [3.63, 3.8) is 0 Å². The van der Waals surface area contributed by atoms with E-state index in [1.807, 2.05) is 0 Å². The van der Waals surface area contributed by atoms with Crippen molar-refractivity contribution < 1.29 is 286 Å². The van der Waals surface area contributed by atoms with Gasteiger partial charge in [0.25, 0.3) is 0 Å². The fourth-order valence-corrected chi connectivity index (χ4v) is 9.64. The molecular formula is C28H23N5Na6O24S7. The monoisotopic (exact) mass is 1170 g/mol. The van der Waals surface area contributed by atoms with Crippen LogP contribution in [0.15, 0.2) is 93.5 Å². The van der Waals surface area contributed by atoms with Crippen molar-refractivity contribution in [2.45, 2.75) is 31.9 Å². The fourth-order valence-electron chi connectivity index (χ4n) is 4.84. The van der Waals surface area contributed by atoms with E-state index in [9.17, 15) is 81.3 Å². The number of hydrogen-bond donors (Lipinski definition) is 2. The molecule has 0 spiro atoms. The molecule has 0 saturated heterocycles. The number of nitrogens with two attached hydrogens (primary N) is 1. The second-order valence-corrected chi connectivity index (χ2v) is 20.5. The standard InChI is InChI=1S/C27H25N5O24S7.CH4.6Na/c28-23-22-13(10-21(62(45,46)47)25(23)32-29-17-3-1-14(11-16(17)27(34)35)60(40,41)8-6-52-63(48,49)50)9-19(57-55-53-36)24(26(22)33)31-30-18-4-2-15(12-20(18)61(42,43)44)59(38,39)7-5-51-58-56-54-37;;;;;;;/h1-4,9-12,33,36-37H,5-8,28H2,(H,34,35)(H,42,43,44)(H,45,46,47)(H,48,49,50);1H4;;;;;;/q;;6*+1/p-6. The number of rotatable bonds is 22. The fraction of sp³-hybridized carbons (Fsp3) is 0.179. The second kappa shape index (κ2) is 33.7. The number of carbonyl (C=O) groups is 1. The average Bonchev–Trinajstić information content (AvgIpc) is 3.17. The van der Waals surface area contributed by atoms with E-state index < -0.39 is 156 Å². The van der Waals surface area contributed by atoms with Gasteiger partial charge in [-0.15, -0.1) is 24.8 Å². The van der Waals surface area contributed by atoms with Gasteiger partial charge in [-0.2, -0.15) is 4.33 Å². The van der Waals surface area contributed by atoms with Gasteiger partial charge < -0.3 is 44.9 Å². The number of aromatic hydroxyl groups is 1. The molecule has 352 valence electrons. The zero-order chi connectivity index (χ0) is 47.1. The van der Waals surface area contributed by atoms with Crippen LogP contribution in [-0.2, 0) is 77.4 Å². The van der Waals surface area contributed by atoms with Crippen molar-refractivity contribution in [1.82, 2.24) is 0 Å². The number of carbonyl (C=O) groups excluding carboxylic acids is 1. The number of phenolic OH excluding ortho intramolecular Hbond substituents is 1. The number of benzene rings is 4. The van der Waals surface area contributed by atoms with Gasteiger partial charge in [-0.25, -0.2) is 42.1 Å². The molecule has 0 aliphatic rings. The molecule has 0 aliphatic heterocycles. The summed E-state index contributed by atoms with van der Waals surface area (Å²) in [4.78, 5) is 7.36. The van der Waals surface area contributed by atoms with E-state index in [1.54, 1.807) is 0 Å². The molecule has 0 heterocycles. The number of anilines is 1. The average molecular weight is 1180 g/mol. The molecule has 4 aromatic carbocycles. The summed E-state index contributed by atoms with van der Waals surface area (Å²) < 4.78 is 173. The van der Waals surface area contributed by atoms with E-state index in [1.165, 1.54) is 0 Å². The van der Waals surface area contributed by atoms with Crippen molar-refractivity contribution in [2.75, 3.05) is 30.5 Å². The Bertz CT molecular complexity index is 3090. The molecule has 29 nitrogen and oxygen atoms in total.